The van der Waals surface area contributed by atoms with E-state index in [4.69, 9.17) is 4.74 Å². The first kappa shape index (κ1) is 15.9. The Hall–Kier alpha value is -3.02. The van der Waals surface area contributed by atoms with Crippen LogP contribution in [0.4, 0.5) is 0 Å². The topological polar surface area (TPSA) is 74.1 Å². The van der Waals surface area contributed by atoms with Crippen LogP contribution in [0, 0.1) is 0 Å². The molecule has 6 heteroatoms. The SMILES string of the molecule is O=C(Cn1c(=O)cnc2ccccc21)OCCCc1ccncc1. The molecule has 0 aliphatic rings. The minimum atomic E-state index is -0.428. The molecule has 6 nitrogen and oxygen atoms in total. The van der Waals surface area contributed by atoms with Gasteiger partial charge in [0.05, 0.1) is 23.8 Å². The van der Waals surface area contributed by atoms with Crippen LogP contribution in [0.25, 0.3) is 11.0 Å². The fraction of sp³-hybridized carbons (Fsp3) is 0.222. The van der Waals surface area contributed by atoms with Crippen molar-refractivity contribution in [2.75, 3.05) is 6.61 Å². The predicted molar refractivity (Wildman–Crippen MR) is 89.5 cm³/mol. The first-order valence-electron chi connectivity index (χ1n) is 7.73. The number of benzene rings is 1. The summed E-state index contributed by atoms with van der Waals surface area (Å²) in [6, 6.07) is 11.1. The second kappa shape index (κ2) is 7.50. The second-order valence-electron chi connectivity index (χ2n) is 5.35. The van der Waals surface area contributed by atoms with Gasteiger partial charge in [0.25, 0.3) is 5.56 Å². The summed E-state index contributed by atoms with van der Waals surface area (Å²) in [6.07, 6.45) is 6.24. The fourth-order valence-corrected chi connectivity index (χ4v) is 2.46. The molecule has 0 saturated heterocycles. The summed E-state index contributed by atoms with van der Waals surface area (Å²) in [5.74, 6) is -0.428. The summed E-state index contributed by atoms with van der Waals surface area (Å²) in [7, 11) is 0. The maximum atomic E-state index is 12.0. The fourth-order valence-electron chi connectivity index (χ4n) is 2.46. The third kappa shape index (κ3) is 3.84. The Bertz CT molecular complexity index is 891. The summed E-state index contributed by atoms with van der Waals surface area (Å²) in [4.78, 5) is 32.0. The van der Waals surface area contributed by atoms with Gasteiger partial charge in [-0.25, -0.2) is 4.98 Å². The smallest absolute Gasteiger partial charge is 0.326 e. The van der Waals surface area contributed by atoms with E-state index in [0.29, 0.717) is 17.6 Å². The highest BCUT2D eigenvalue weighted by atomic mass is 16.5. The lowest BCUT2D eigenvalue weighted by molar-refractivity contribution is -0.144. The highest BCUT2D eigenvalue weighted by Gasteiger charge is 2.09. The highest BCUT2D eigenvalue weighted by molar-refractivity contribution is 5.77. The molecule has 0 fully saturated rings. The molecule has 0 atom stereocenters. The molecule has 0 radical (unpaired) electrons. The minimum absolute atomic E-state index is 0.114. The summed E-state index contributed by atoms with van der Waals surface area (Å²) < 4.78 is 6.62. The van der Waals surface area contributed by atoms with Crippen molar-refractivity contribution < 1.29 is 9.53 Å². The number of rotatable bonds is 6. The molecule has 0 bridgehead atoms. The van der Waals surface area contributed by atoms with Crippen LogP contribution in [0.1, 0.15) is 12.0 Å². The van der Waals surface area contributed by atoms with Crippen molar-refractivity contribution in [1.82, 2.24) is 14.5 Å². The number of para-hydroxylation sites is 2. The number of nitrogens with zero attached hydrogens (tertiary/aromatic N) is 3. The summed E-state index contributed by atoms with van der Waals surface area (Å²) in [5, 5.41) is 0. The number of aromatic nitrogens is 3. The molecule has 24 heavy (non-hydrogen) atoms. The Morgan fingerprint density at radius 3 is 2.75 bits per heavy atom. The van der Waals surface area contributed by atoms with Crippen LogP contribution < -0.4 is 5.56 Å². The van der Waals surface area contributed by atoms with Crippen molar-refractivity contribution in [3.8, 4) is 0 Å². The molecule has 0 saturated carbocycles. The van der Waals surface area contributed by atoms with Crippen LogP contribution in [0.2, 0.25) is 0 Å². The first-order valence-corrected chi connectivity index (χ1v) is 7.73. The largest absolute Gasteiger partial charge is 0.464 e. The van der Waals surface area contributed by atoms with Gasteiger partial charge < -0.3 is 4.74 Å². The van der Waals surface area contributed by atoms with Crippen molar-refractivity contribution in [2.24, 2.45) is 0 Å². The van der Waals surface area contributed by atoms with Gasteiger partial charge in [0.2, 0.25) is 0 Å². The van der Waals surface area contributed by atoms with Crippen LogP contribution in [0.3, 0.4) is 0 Å². The van der Waals surface area contributed by atoms with E-state index in [-0.39, 0.29) is 12.1 Å². The summed E-state index contributed by atoms with van der Waals surface area (Å²) >= 11 is 0. The van der Waals surface area contributed by atoms with Gasteiger partial charge in [0, 0.05) is 12.4 Å². The van der Waals surface area contributed by atoms with Crippen molar-refractivity contribution in [2.45, 2.75) is 19.4 Å². The van der Waals surface area contributed by atoms with Gasteiger partial charge in [-0.2, -0.15) is 0 Å². The van der Waals surface area contributed by atoms with E-state index in [1.54, 1.807) is 30.6 Å². The normalized spacial score (nSPS) is 10.7. The maximum Gasteiger partial charge on any atom is 0.326 e. The van der Waals surface area contributed by atoms with Gasteiger partial charge in [-0.05, 0) is 42.7 Å². The number of carbonyl (C=O) groups is 1. The molecule has 0 aliphatic carbocycles. The monoisotopic (exact) mass is 323 g/mol. The zero-order valence-electron chi connectivity index (χ0n) is 13.1. The molecule has 3 aromatic rings. The Balaban J connectivity index is 1.57. The molecular weight excluding hydrogens is 306 g/mol. The lowest BCUT2D eigenvalue weighted by Gasteiger charge is -2.09. The van der Waals surface area contributed by atoms with E-state index in [2.05, 4.69) is 9.97 Å². The number of hydrogen-bond acceptors (Lipinski definition) is 5. The van der Waals surface area contributed by atoms with Gasteiger partial charge in [0.1, 0.15) is 6.54 Å². The van der Waals surface area contributed by atoms with Crippen LogP contribution in [-0.4, -0.2) is 27.1 Å². The first-order chi connectivity index (χ1) is 11.7. The average Bonchev–Trinajstić information content (AvgIpc) is 2.62. The van der Waals surface area contributed by atoms with E-state index in [9.17, 15) is 9.59 Å². The van der Waals surface area contributed by atoms with Crippen LogP contribution in [0.15, 0.2) is 59.8 Å². The third-order valence-corrected chi connectivity index (χ3v) is 3.66. The number of carbonyl (C=O) groups excluding carboxylic acids is 1. The van der Waals surface area contributed by atoms with E-state index in [1.165, 1.54) is 10.8 Å². The quantitative estimate of drug-likeness (QED) is 0.512. The molecule has 2 aromatic heterocycles. The molecule has 0 unspecified atom stereocenters. The molecule has 0 amide bonds. The Labute approximate surface area is 138 Å². The minimum Gasteiger partial charge on any atom is -0.464 e. The number of ether oxygens (including phenoxy) is 1. The van der Waals surface area contributed by atoms with E-state index in [1.807, 2.05) is 18.2 Å². The number of pyridine rings is 1. The van der Waals surface area contributed by atoms with Crippen LogP contribution in [-0.2, 0) is 22.5 Å². The van der Waals surface area contributed by atoms with E-state index in [0.717, 1.165) is 18.4 Å². The molecule has 0 aliphatic heterocycles. The summed E-state index contributed by atoms with van der Waals surface area (Å²) in [5.41, 5.74) is 2.13. The average molecular weight is 323 g/mol. The number of hydrogen-bond donors (Lipinski definition) is 0. The molecule has 1 aromatic carbocycles. The van der Waals surface area contributed by atoms with Crippen molar-refractivity contribution >= 4 is 17.0 Å². The lowest BCUT2D eigenvalue weighted by Crippen LogP contribution is -2.26. The van der Waals surface area contributed by atoms with Gasteiger partial charge in [-0.15, -0.1) is 0 Å². The molecule has 0 N–H and O–H groups in total. The molecule has 0 spiro atoms. The summed E-state index contributed by atoms with van der Waals surface area (Å²) in [6.45, 7) is 0.204. The Morgan fingerprint density at radius 2 is 1.92 bits per heavy atom. The van der Waals surface area contributed by atoms with Crippen molar-refractivity contribution in [1.29, 1.82) is 0 Å². The van der Waals surface area contributed by atoms with Gasteiger partial charge in [-0.1, -0.05) is 12.1 Å². The van der Waals surface area contributed by atoms with E-state index >= 15 is 0 Å². The Morgan fingerprint density at radius 1 is 1.12 bits per heavy atom. The van der Waals surface area contributed by atoms with Gasteiger partial charge in [0.15, 0.2) is 0 Å². The molecular formula is C18H17N3O3. The number of fused-ring (bicyclic) bond motifs is 1. The lowest BCUT2D eigenvalue weighted by atomic mass is 10.1. The zero-order chi connectivity index (χ0) is 16.8. The molecule has 3 rings (SSSR count). The van der Waals surface area contributed by atoms with Crippen LogP contribution in [0.5, 0.6) is 0 Å². The van der Waals surface area contributed by atoms with E-state index < -0.39 is 5.97 Å². The number of aryl methyl sites for hydroxylation is 1. The second-order valence-corrected chi connectivity index (χ2v) is 5.35. The molecule has 122 valence electrons. The number of esters is 1. The van der Waals surface area contributed by atoms with Crippen molar-refractivity contribution in [3.05, 3.63) is 70.9 Å². The van der Waals surface area contributed by atoms with Gasteiger partial charge >= 0.3 is 5.97 Å². The van der Waals surface area contributed by atoms with Crippen molar-refractivity contribution in [3.63, 3.8) is 0 Å². The maximum absolute atomic E-state index is 12.0. The highest BCUT2D eigenvalue weighted by Crippen LogP contribution is 2.08. The molecule has 2 heterocycles. The predicted octanol–water partition coefficient (Wildman–Crippen LogP) is 1.97. The third-order valence-electron chi connectivity index (χ3n) is 3.66. The van der Waals surface area contributed by atoms with Crippen LogP contribution >= 0.6 is 0 Å². The zero-order valence-corrected chi connectivity index (χ0v) is 13.1. The Kier molecular flexibility index (Phi) is 4.96. The van der Waals surface area contributed by atoms with Gasteiger partial charge in [-0.3, -0.25) is 19.1 Å². The standard InChI is InChI=1S/C18H17N3O3/c22-17-12-20-15-5-1-2-6-16(15)21(17)13-18(23)24-11-3-4-14-7-9-19-10-8-14/h1-2,5-10,12H,3-4,11,13H2.